The summed E-state index contributed by atoms with van der Waals surface area (Å²) in [6.45, 7) is 14.6. The molecule has 19 nitrogen and oxygen atoms in total. The van der Waals surface area contributed by atoms with Crippen molar-refractivity contribution in [2.45, 2.75) is 111 Å². The summed E-state index contributed by atoms with van der Waals surface area (Å²) in [4.78, 5) is 43.5. The molecule has 0 aliphatic carbocycles. The first-order chi connectivity index (χ1) is 30.8. The number of nitrogens with zero attached hydrogens (tertiary/aromatic N) is 5. The van der Waals surface area contributed by atoms with Gasteiger partial charge in [-0.1, -0.05) is 51.0 Å². The Bertz CT molecular complexity index is 2280. The van der Waals surface area contributed by atoms with Crippen LogP contribution in [0.2, 0.25) is 0 Å². The fraction of sp³-hybridized carbons (Fsp3) is 0.565. The van der Waals surface area contributed by atoms with Crippen LogP contribution in [0.4, 0.5) is 5.69 Å². The van der Waals surface area contributed by atoms with Gasteiger partial charge in [0.2, 0.25) is 0 Å². The zero-order valence-corrected chi connectivity index (χ0v) is 38.4. The highest BCUT2D eigenvalue weighted by molar-refractivity contribution is 6.23. The number of allylic oxidation sites excluding steroid dienone is 2. The minimum atomic E-state index is -2.07. The van der Waals surface area contributed by atoms with Crippen LogP contribution in [-0.2, 0) is 23.8 Å². The van der Waals surface area contributed by atoms with Gasteiger partial charge in [-0.05, 0) is 51.3 Å². The van der Waals surface area contributed by atoms with Crippen molar-refractivity contribution in [2.24, 2.45) is 33.9 Å². The number of hydrogen-bond donors (Lipinski definition) is 7. The van der Waals surface area contributed by atoms with Crippen LogP contribution in [0.15, 0.2) is 46.4 Å². The maximum atomic E-state index is 14.5. The number of phenolic OH excluding ortho intramolecular Hbond substituents is 3. The number of rotatable bonds is 9. The first-order valence-electron chi connectivity index (χ1n) is 21.9. The number of amides is 1. The van der Waals surface area contributed by atoms with Gasteiger partial charge in [0, 0.05) is 91.7 Å². The monoisotopic (exact) mass is 905 g/mol. The maximum Gasteiger partial charge on any atom is 0.312 e. The summed E-state index contributed by atoms with van der Waals surface area (Å²) in [6.07, 6.45) is 6.88. The van der Waals surface area contributed by atoms with Gasteiger partial charge >= 0.3 is 11.8 Å². The van der Waals surface area contributed by atoms with Gasteiger partial charge in [0.15, 0.2) is 5.75 Å². The molecule has 0 unspecified atom stereocenters. The number of aliphatic hydroxyl groups excluding tert-OH is 2. The predicted octanol–water partition coefficient (Wildman–Crippen LogP) is 5.84. The number of hydrazone groups is 1. The smallest absolute Gasteiger partial charge is 0.312 e. The zero-order chi connectivity index (χ0) is 47.9. The molecule has 4 aliphatic rings. The fourth-order valence-electron chi connectivity index (χ4n) is 8.70. The van der Waals surface area contributed by atoms with Gasteiger partial charge in [-0.3, -0.25) is 19.4 Å². The summed E-state index contributed by atoms with van der Waals surface area (Å²) in [5.74, 6) is -8.56. The number of benzene rings is 2. The van der Waals surface area contributed by atoms with Crippen molar-refractivity contribution in [3.05, 3.63) is 63.3 Å². The molecule has 0 saturated carbocycles. The number of aromatic hydroxyl groups is 3. The summed E-state index contributed by atoms with van der Waals surface area (Å²) in [5.41, 5.74) is 8.07. The molecule has 4 heterocycles. The molecule has 9 atom stereocenters. The van der Waals surface area contributed by atoms with E-state index in [1.807, 2.05) is 0 Å². The van der Waals surface area contributed by atoms with Gasteiger partial charge in [-0.25, -0.2) is 0 Å². The molecule has 354 valence electrons. The molecule has 5 bridgehead atoms. The van der Waals surface area contributed by atoms with Crippen LogP contribution in [0, 0.1) is 30.6 Å². The van der Waals surface area contributed by atoms with Gasteiger partial charge in [-0.2, -0.15) is 5.10 Å². The third kappa shape index (κ3) is 10.8. The molecule has 0 radical (unpaired) electrons. The van der Waals surface area contributed by atoms with Crippen molar-refractivity contribution in [1.29, 1.82) is 0 Å². The van der Waals surface area contributed by atoms with Crippen LogP contribution >= 0.6 is 0 Å². The molecule has 19 heteroatoms. The Balaban J connectivity index is 1.63. The Hall–Kier alpha value is -5.85. The number of ketones is 1. The standard InChI is InChI=1S/C46H63N7O12/c1-23-12-10-13-24(2)45(61)51-36-31(22-50-53-19-14-30(15-20-53)48-17-11-18-49-52-47)40(58)33-34(41(36)59)39(57)28(6)43-35(33)44(60)46(8,65-43)63-21-16-32(62-9)25(3)42(64-29(7)54)27(5)38(56)26(4)37(23)55/h10,12-13,16,21-23,25-27,30,32,37-38,42,48,55-59H,11,14-15,17-20H2,1-9H3,(H,51,61)/b12-10+,21-16+,24-13-,50-22+/t23-,25+,26+,27+,32-,37-,38+,42+,46-/m0/s1. The lowest BCUT2D eigenvalue weighted by Crippen LogP contribution is -2.46. The number of azide groups is 1. The second-order valence-corrected chi connectivity index (χ2v) is 17.4. The summed E-state index contributed by atoms with van der Waals surface area (Å²) in [5, 5.41) is 74.3. The number of methoxy groups -OCH3 is 1. The first-order valence-corrected chi connectivity index (χ1v) is 21.9. The molecule has 2 aromatic rings. The number of hydrogen-bond acceptors (Lipinski definition) is 16. The molecule has 65 heavy (non-hydrogen) atoms. The van der Waals surface area contributed by atoms with E-state index < -0.39 is 88.8 Å². The van der Waals surface area contributed by atoms with Crippen LogP contribution in [-0.4, -0.2) is 124 Å². The Kier molecular flexibility index (Phi) is 16.5. The van der Waals surface area contributed by atoms with E-state index in [2.05, 4.69) is 25.8 Å². The number of piperidine rings is 1. The number of fused-ring (bicyclic) bond motifs is 14. The number of nitrogens with one attached hydrogen (secondary N) is 2. The van der Waals surface area contributed by atoms with Gasteiger partial charge in [0.25, 0.3) is 11.7 Å². The third-order valence-corrected chi connectivity index (χ3v) is 12.8. The first kappa shape index (κ1) is 50.2. The molecule has 1 saturated heterocycles. The predicted molar refractivity (Wildman–Crippen MR) is 243 cm³/mol. The van der Waals surface area contributed by atoms with Crippen molar-refractivity contribution in [1.82, 2.24) is 10.3 Å². The van der Waals surface area contributed by atoms with Crippen molar-refractivity contribution >= 4 is 40.3 Å². The molecular formula is C46H63N7O12. The Morgan fingerprint density at radius 2 is 1.72 bits per heavy atom. The molecule has 1 amide bonds. The number of aliphatic hydroxyl groups is 2. The summed E-state index contributed by atoms with van der Waals surface area (Å²) >= 11 is 0. The quantitative estimate of drug-likeness (QED) is 0.0228. The van der Waals surface area contributed by atoms with Gasteiger partial charge < -0.3 is 55.1 Å². The van der Waals surface area contributed by atoms with E-state index in [1.54, 1.807) is 44.9 Å². The average molecular weight is 906 g/mol. The van der Waals surface area contributed by atoms with Crippen molar-refractivity contribution < 1.29 is 58.9 Å². The molecule has 1 fully saturated rings. The summed E-state index contributed by atoms with van der Waals surface area (Å²) in [7, 11) is 1.43. The van der Waals surface area contributed by atoms with E-state index in [4.69, 9.17) is 24.5 Å². The molecule has 7 N–H and O–H groups in total. The lowest BCUT2D eigenvalue weighted by molar-refractivity contribution is -0.160. The third-order valence-electron chi connectivity index (χ3n) is 12.8. The number of carbonyl (C=O) groups is 3. The number of carbonyl (C=O) groups excluding carboxylic acids is 3. The molecule has 0 aromatic heterocycles. The van der Waals surface area contributed by atoms with Crippen molar-refractivity contribution in [3.63, 3.8) is 0 Å². The number of Topliss-reactive ketones (excluding diaryl/α,β-unsaturated/α-hetero) is 1. The van der Waals surface area contributed by atoms with E-state index in [0.717, 1.165) is 12.8 Å². The summed E-state index contributed by atoms with van der Waals surface area (Å²) < 4.78 is 23.7. The number of anilines is 1. The van der Waals surface area contributed by atoms with E-state index >= 15 is 0 Å². The Morgan fingerprint density at radius 3 is 2.37 bits per heavy atom. The van der Waals surface area contributed by atoms with E-state index in [-0.39, 0.29) is 50.5 Å². The van der Waals surface area contributed by atoms with E-state index in [9.17, 15) is 39.9 Å². The molecule has 2 aromatic carbocycles. The minimum absolute atomic E-state index is 0.0391. The van der Waals surface area contributed by atoms with Crippen LogP contribution in [0.5, 0.6) is 23.0 Å². The fourth-order valence-corrected chi connectivity index (χ4v) is 8.70. The highest BCUT2D eigenvalue weighted by atomic mass is 16.7. The van der Waals surface area contributed by atoms with Gasteiger partial charge in [0.1, 0.15) is 23.4 Å². The van der Waals surface area contributed by atoms with Crippen LogP contribution in [0.3, 0.4) is 0 Å². The van der Waals surface area contributed by atoms with E-state index in [0.29, 0.717) is 32.6 Å². The number of esters is 1. The Labute approximate surface area is 378 Å². The molecular weight excluding hydrogens is 843 g/mol. The summed E-state index contributed by atoms with van der Waals surface area (Å²) in [6, 6.07) is 0.193. The molecule has 6 rings (SSSR count). The van der Waals surface area contributed by atoms with Crippen LogP contribution < -0.4 is 15.4 Å². The largest absolute Gasteiger partial charge is 0.507 e. The highest BCUT2D eigenvalue weighted by Gasteiger charge is 2.50. The minimum Gasteiger partial charge on any atom is -0.507 e. The lowest BCUT2D eigenvalue weighted by Gasteiger charge is -2.38. The average Bonchev–Trinajstić information content (AvgIpc) is 3.54. The van der Waals surface area contributed by atoms with Crippen molar-refractivity contribution in [3.8, 4) is 23.0 Å². The molecule has 4 aliphatic heterocycles. The molecule has 0 spiro atoms. The highest BCUT2D eigenvalue weighted by Crippen LogP contribution is 2.55. The second-order valence-electron chi connectivity index (χ2n) is 17.4. The maximum absolute atomic E-state index is 14.5. The van der Waals surface area contributed by atoms with Crippen LogP contribution in [0.1, 0.15) is 89.2 Å². The van der Waals surface area contributed by atoms with Crippen molar-refractivity contribution in [2.75, 3.05) is 38.6 Å². The van der Waals surface area contributed by atoms with Gasteiger partial charge in [-0.15, -0.1) is 0 Å². The zero-order valence-electron chi connectivity index (χ0n) is 38.4. The normalized spacial score (nSPS) is 30.0. The van der Waals surface area contributed by atoms with Crippen LogP contribution in [0.25, 0.3) is 21.2 Å². The SMILES string of the molecule is CO[C@H]1/C=C/O[C@@]2(C)Oc3c(C)c(O)c4c(O)c(c(/C=N/N5CCC(NCCCN=[N+]=[N-])CC5)c(O)c4c3C2=O)NC(=O)/C(C)=C\C=C\[C@H](C)[C@H](O)[C@@H](C)[C@@H](O)[C@@H](C)[C@H](OC(C)=O)[C@@H]1C. The topological polar surface area (TPSA) is 278 Å². The van der Waals surface area contributed by atoms with Gasteiger partial charge in [0.05, 0.1) is 53.0 Å². The number of phenols is 3. The van der Waals surface area contributed by atoms with E-state index in [1.165, 1.54) is 59.4 Å². The second kappa shape index (κ2) is 21.4. The number of ether oxygens (including phenoxy) is 4. The lowest BCUT2D eigenvalue weighted by atomic mass is 9.78. The Morgan fingerprint density at radius 1 is 1.03 bits per heavy atom.